The van der Waals surface area contributed by atoms with Gasteiger partial charge in [0, 0.05) is 6.21 Å². The van der Waals surface area contributed by atoms with Gasteiger partial charge in [-0.3, -0.25) is 9.89 Å². The summed E-state index contributed by atoms with van der Waals surface area (Å²) in [5.74, 6) is 0.340. The van der Waals surface area contributed by atoms with E-state index in [1.165, 1.54) is 6.21 Å². The number of hydrazone groups is 1. The van der Waals surface area contributed by atoms with Gasteiger partial charge in [-0.05, 0) is 41.8 Å². The van der Waals surface area contributed by atoms with Crippen molar-refractivity contribution in [3.05, 3.63) is 59.5 Å². The highest BCUT2D eigenvalue weighted by atomic mass is 32.1. The molecule has 22 heavy (non-hydrogen) atoms. The molecule has 3 rings (SSSR count). The minimum absolute atomic E-state index is 0.288. The highest BCUT2D eigenvalue weighted by Crippen LogP contribution is 2.22. The standard InChI is InChI=1S/C15H12N4O2S/c20-15(19-16-7-1-4-11-5-2-8-21-11)13-10-12(17-18-13)14-6-3-9-22-14/h1-10H,(H,17,18)(H,19,20)/b4-1+,16-7+. The van der Waals surface area contributed by atoms with Crippen LogP contribution in [-0.4, -0.2) is 22.3 Å². The summed E-state index contributed by atoms with van der Waals surface area (Å²) >= 11 is 1.57. The number of carbonyl (C=O) groups is 1. The van der Waals surface area contributed by atoms with Crippen molar-refractivity contribution in [3.63, 3.8) is 0 Å². The smallest absolute Gasteiger partial charge is 0.291 e. The van der Waals surface area contributed by atoms with E-state index in [9.17, 15) is 4.79 Å². The number of hydrogen-bond acceptors (Lipinski definition) is 5. The van der Waals surface area contributed by atoms with Crippen LogP contribution in [0.4, 0.5) is 0 Å². The lowest BCUT2D eigenvalue weighted by molar-refractivity contribution is 0.0950. The van der Waals surface area contributed by atoms with E-state index in [2.05, 4.69) is 20.7 Å². The van der Waals surface area contributed by atoms with E-state index in [1.807, 2.05) is 23.6 Å². The molecule has 0 aliphatic carbocycles. The number of nitrogens with zero attached hydrogens (tertiary/aromatic N) is 2. The zero-order valence-corrected chi connectivity index (χ0v) is 12.2. The summed E-state index contributed by atoms with van der Waals surface area (Å²) < 4.78 is 5.12. The molecular weight excluding hydrogens is 300 g/mol. The number of rotatable bonds is 5. The molecule has 0 aliphatic heterocycles. The summed E-state index contributed by atoms with van der Waals surface area (Å²) in [6.07, 6.45) is 6.45. The molecule has 0 radical (unpaired) electrons. The van der Waals surface area contributed by atoms with Crippen LogP contribution in [0.2, 0.25) is 0 Å². The fourth-order valence-electron chi connectivity index (χ4n) is 1.72. The van der Waals surface area contributed by atoms with E-state index in [-0.39, 0.29) is 11.6 Å². The summed E-state index contributed by atoms with van der Waals surface area (Å²) in [6, 6.07) is 9.20. The summed E-state index contributed by atoms with van der Waals surface area (Å²) in [5.41, 5.74) is 3.50. The molecule has 0 aromatic carbocycles. The second-order valence-electron chi connectivity index (χ2n) is 4.24. The third-order valence-electron chi connectivity index (χ3n) is 2.73. The van der Waals surface area contributed by atoms with E-state index in [0.717, 1.165) is 10.6 Å². The Hall–Kier alpha value is -2.93. The van der Waals surface area contributed by atoms with Crippen molar-refractivity contribution >= 4 is 29.5 Å². The number of furan rings is 1. The summed E-state index contributed by atoms with van der Waals surface area (Å²) in [6.45, 7) is 0. The maximum atomic E-state index is 11.9. The molecule has 0 bridgehead atoms. The Bertz CT molecular complexity index is 786. The largest absolute Gasteiger partial charge is 0.465 e. The third kappa shape index (κ3) is 3.39. The second-order valence-corrected chi connectivity index (χ2v) is 5.19. The van der Waals surface area contributed by atoms with E-state index in [4.69, 9.17) is 4.42 Å². The molecule has 2 N–H and O–H groups in total. The zero-order chi connectivity index (χ0) is 15.2. The first-order valence-electron chi connectivity index (χ1n) is 6.46. The van der Waals surface area contributed by atoms with Gasteiger partial charge in [-0.1, -0.05) is 6.07 Å². The van der Waals surface area contributed by atoms with Gasteiger partial charge < -0.3 is 4.42 Å². The van der Waals surface area contributed by atoms with Crippen LogP contribution in [0.3, 0.4) is 0 Å². The molecule has 7 heteroatoms. The minimum Gasteiger partial charge on any atom is -0.465 e. The molecule has 0 fully saturated rings. The average molecular weight is 312 g/mol. The van der Waals surface area contributed by atoms with E-state index >= 15 is 0 Å². The molecule has 0 saturated carbocycles. The molecule has 0 spiro atoms. The predicted molar refractivity (Wildman–Crippen MR) is 85.6 cm³/mol. The van der Waals surface area contributed by atoms with Crippen molar-refractivity contribution in [2.24, 2.45) is 5.10 Å². The first-order chi connectivity index (χ1) is 10.8. The van der Waals surface area contributed by atoms with E-state index in [1.54, 1.807) is 41.9 Å². The number of hydrogen-bond donors (Lipinski definition) is 2. The van der Waals surface area contributed by atoms with Gasteiger partial charge in [0.1, 0.15) is 5.76 Å². The van der Waals surface area contributed by atoms with Gasteiger partial charge in [0.15, 0.2) is 5.69 Å². The molecule has 0 saturated heterocycles. The number of carbonyl (C=O) groups excluding carboxylic acids is 1. The lowest BCUT2D eigenvalue weighted by Crippen LogP contribution is -2.17. The Morgan fingerprint density at radius 1 is 1.41 bits per heavy atom. The SMILES string of the molecule is O=C(N/N=C/C=C/c1ccco1)c1cc(-c2cccs2)[nH]n1. The van der Waals surface area contributed by atoms with Gasteiger partial charge in [0.05, 0.1) is 16.8 Å². The summed E-state index contributed by atoms with van der Waals surface area (Å²) in [5, 5.41) is 12.6. The fraction of sp³-hybridized carbons (Fsp3) is 0. The number of H-pyrrole nitrogens is 1. The van der Waals surface area contributed by atoms with Crippen molar-refractivity contribution in [1.82, 2.24) is 15.6 Å². The van der Waals surface area contributed by atoms with Gasteiger partial charge in [-0.2, -0.15) is 10.2 Å². The molecule has 3 aromatic heterocycles. The molecule has 6 nitrogen and oxygen atoms in total. The maximum absolute atomic E-state index is 11.9. The third-order valence-corrected chi connectivity index (χ3v) is 3.63. The highest BCUT2D eigenvalue weighted by molar-refractivity contribution is 7.13. The summed E-state index contributed by atoms with van der Waals surface area (Å²) in [4.78, 5) is 12.9. The normalized spacial score (nSPS) is 11.5. The lowest BCUT2D eigenvalue weighted by atomic mass is 10.3. The van der Waals surface area contributed by atoms with Crippen LogP contribution < -0.4 is 5.43 Å². The van der Waals surface area contributed by atoms with Crippen LogP contribution in [0.1, 0.15) is 16.2 Å². The molecule has 110 valence electrons. The Labute approximate surface area is 130 Å². The quantitative estimate of drug-likeness (QED) is 0.560. The van der Waals surface area contributed by atoms with E-state index in [0.29, 0.717) is 5.76 Å². The monoisotopic (exact) mass is 312 g/mol. The van der Waals surface area contributed by atoms with Crippen LogP contribution >= 0.6 is 11.3 Å². The number of allylic oxidation sites excluding steroid dienone is 1. The van der Waals surface area contributed by atoms with Crippen molar-refractivity contribution in [3.8, 4) is 10.6 Å². The van der Waals surface area contributed by atoms with Crippen molar-refractivity contribution < 1.29 is 9.21 Å². The topological polar surface area (TPSA) is 83.3 Å². The predicted octanol–water partition coefficient (Wildman–Crippen LogP) is 3.16. The molecule has 0 unspecified atom stereocenters. The second kappa shape index (κ2) is 6.68. The Morgan fingerprint density at radius 2 is 2.36 bits per heavy atom. The molecule has 0 aliphatic rings. The van der Waals surface area contributed by atoms with Gasteiger partial charge >= 0.3 is 0 Å². The van der Waals surface area contributed by atoms with Gasteiger partial charge in [-0.15, -0.1) is 11.3 Å². The van der Waals surface area contributed by atoms with Crippen molar-refractivity contribution in [1.29, 1.82) is 0 Å². The fourth-order valence-corrected chi connectivity index (χ4v) is 2.41. The zero-order valence-electron chi connectivity index (χ0n) is 11.4. The maximum Gasteiger partial charge on any atom is 0.291 e. The average Bonchev–Trinajstić information content (AvgIpc) is 3.26. The number of aromatic amines is 1. The Kier molecular flexibility index (Phi) is 4.26. The van der Waals surface area contributed by atoms with Gasteiger partial charge in [0.2, 0.25) is 0 Å². The molecule has 0 atom stereocenters. The van der Waals surface area contributed by atoms with Crippen LogP contribution in [0.15, 0.2) is 57.6 Å². The molecular formula is C15H12N4O2S. The number of aromatic nitrogens is 2. The number of nitrogens with one attached hydrogen (secondary N) is 2. The number of amides is 1. The van der Waals surface area contributed by atoms with Crippen LogP contribution in [0.5, 0.6) is 0 Å². The molecule has 3 aromatic rings. The molecule has 3 heterocycles. The Morgan fingerprint density at radius 3 is 3.14 bits per heavy atom. The highest BCUT2D eigenvalue weighted by Gasteiger charge is 2.10. The van der Waals surface area contributed by atoms with Crippen LogP contribution in [0, 0.1) is 0 Å². The van der Waals surface area contributed by atoms with Crippen molar-refractivity contribution in [2.75, 3.05) is 0 Å². The van der Waals surface area contributed by atoms with E-state index < -0.39 is 0 Å². The van der Waals surface area contributed by atoms with Crippen LogP contribution in [0.25, 0.3) is 16.6 Å². The van der Waals surface area contributed by atoms with Crippen molar-refractivity contribution in [2.45, 2.75) is 0 Å². The first-order valence-corrected chi connectivity index (χ1v) is 7.34. The van der Waals surface area contributed by atoms with Gasteiger partial charge in [0.25, 0.3) is 5.91 Å². The number of thiophene rings is 1. The Balaban J connectivity index is 1.56. The van der Waals surface area contributed by atoms with Gasteiger partial charge in [-0.25, -0.2) is 5.43 Å². The molecule has 1 amide bonds. The lowest BCUT2D eigenvalue weighted by Gasteiger charge is -1.92. The minimum atomic E-state index is -0.373. The first kappa shape index (κ1) is 14.0. The van der Waals surface area contributed by atoms with Crippen LogP contribution in [-0.2, 0) is 0 Å². The summed E-state index contributed by atoms with van der Waals surface area (Å²) in [7, 11) is 0.